The van der Waals surface area contributed by atoms with Gasteiger partial charge in [-0.1, -0.05) is 6.92 Å². The Morgan fingerprint density at radius 2 is 1.95 bits per heavy atom. The number of nitrogens with one attached hydrogen (secondary N) is 2. The summed E-state index contributed by atoms with van der Waals surface area (Å²) in [5, 5.41) is 2.52. The monoisotopic (exact) mass is 293 g/mol. The molecule has 0 aromatic heterocycles. The fourth-order valence-corrected chi connectivity index (χ4v) is 2.14. The van der Waals surface area contributed by atoms with Crippen molar-refractivity contribution < 1.29 is 18.9 Å². The van der Waals surface area contributed by atoms with Gasteiger partial charge >= 0.3 is 0 Å². The van der Waals surface area contributed by atoms with Crippen molar-refractivity contribution in [1.29, 1.82) is 0 Å². The Balaban J connectivity index is 2.07. The molecule has 1 aromatic carbocycles. The normalized spacial score (nSPS) is 18.2. The molecule has 0 bridgehead atoms. The minimum absolute atomic E-state index is 0.0263. The molecule has 1 aliphatic heterocycles. The van der Waals surface area contributed by atoms with Gasteiger partial charge < -0.3 is 5.32 Å². The van der Waals surface area contributed by atoms with Gasteiger partial charge in [-0.05, 0) is 24.3 Å². The Bertz CT molecular complexity index is 559. The molecule has 21 heavy (non-hydrogen) atoms. The van der Waals surface area contributed by atoms with Crippen LogP contribution in [0.15, 0.2) is 24.3 Å². The molecule has 6 nitrogen and oxygen atoms in total. The lowest BCUT2D eigenvalue weighted by atomic mass is 10.1. The van der Waals surface area contributed by atoms with Gasteiger partial charge in [0.05, 0.1) is 5.69 Å². The van der Waals surface area contributed by atoms with Gasteiger partial charge in [0.2, 0.25) is 11.8 Å². The lowest BCUT2D eigenvalue weighted by molar-refractivity contribution is -0.122. The van der Waals surface area contributed by atoms with Crippen LogP contribution in [0.4, 0.5) is 10.2 Å². The number of imide groups is 1. The van der Waals surface area contributed by atoms with Gasteiger partial charge in [0, 0.05) is 31.0 Å². The zero-order chi connectivity index (χ0) is 15.4. The predicted molar refractivity (Wildman–Crippen MR) is 74.2 cm³/mol. The van der Waals surface area contributed by atoms with E-state index in [0.717, 1.165) is 4.90 Å². The summed E-state index contributed by atoms with van der Waals surface area (Å²) >= 11 is 0. The highest BCUT2D eigenvalue weighted by molar-refractivity contribution is 6.20. The van der Waals surface area contributed by atoms with Crippen molar-refractivity contribution in [1.82, 2.24) is 10.9 Å². The highest BCUT2D eigenvalue weighted by Crippen LogP contribution is 2.26. The first-order valence-corrected chi connectivity index (χ1v) is 6.63. The molecule has 1 aliphatic rings. The maximum atomic E-state index is 11.9. The van der Waals surface area contributed by atoms with Gasteiger partial charge in [-0.2, -0.15) is 5.54 Å². The zero-order valence-corrected chi connectivity index (χ0v) is 11.6. The van der Waals surface area contributed by atoms with E-state index in [2.05, 4.69) is 5.32 Å². The lowest BCUT2D eigenvalue weighted by Crippen LogP contribution is -2.31. The molecule has 3 amide bonds. The predicted octanol–water partition coefficient (Wildman–Crippen LogP) is 0.790. The quantitative estimate of drug-likeness (QED) is 0.478. The van der Waals surface area contributed by atoms with Gasteiger partial charge in [-0.3, -0.25) is 19.3 Å². The molecule has 1 aromatic rings. The molecular weight excluding hydrogens is 277 g/mol. The van der Waals surface area contributed by atoms with Gasteiger partial charge in [0.15, 0.2) is 0 Å². The zero-order valence-electron chi connectivity index (χ0n) is 11.6. The topological polar surface area (TPSA) is 78.5 Å². The highest BCUT2D eigenvalue weighted by atomic mass is 19.2. The molecule has 7 heteroatoms. The first-order valence-electron chi connectivity index (χ1n) is 6.63. The number of anilines is 1. The van der Waals surface area contributed by atoms with Gasteiger partial charge in [0.25, 0.3) is 5.91 Å². The van der Waals surface area contributed by atoms with Crippen molar-refractivity contribution in [3.8, 4) is 0 Å². The molecule has 1 saturated heterocycles. The van der Waals surface area contributed by atoms with Crippen molar-refractivity contribution >= 4 is 23.4 Å². The average Bonchev–Trinajstić information content (AvgIpc) is 2.72. The van der Waals surface area contributed by atoms with Gasteiger partial charge in [0.1, 0.15) is 0 Å². The maximum Gasteiger partial charge on any atom is 0.251 e. The van der Waals surface area contributed by atoms with Crippen molar-refractivity contribution in [2.45, 2.75) is 13.3 Å². The van der Waals surface area contributed by atoms with Crippen LogP contribution in [0.25, 0.3) is 0 Å². The number of hydrogen-bond acceptors (Lipinski definition) is 4. The maximum absolute atomic E-state index is 11.9. The summed E-state index contributed by atoms with van der Waals surface area (Å²) in [6.07, 6.45) is 0.206. The van der Waals surface area contributed by atoms with E-state index >= 15 is 0 Å². The Morgan fingerprint density at radius 1 is 1.29 bits per heavy atom. The Kier molecular flexibility index (Phi) is 4.64. The van der Waals surface area contributed by atoms with E-state index in [0.29, 0.717) is 11.3 Å². The van der Waals surface area contributed by atoms with Crippen molar-refractivity contribution in [2.75, 3.05) is 18.0 Å². The van der Waals surface area contributed by atoms with Crippen LogP contribution in [0.5, 0.6) is 0 Å². The minimum Gasteiger partial charge on any atom is -0.351 e. The molecule has 0 saturated carbocycles. The van der Waals surface area contributed by atoms with E-state index in [1.54, 1.807) is 19.1 Å². The molecule has 1 heterocycles. The second-order valence-corrected chi connectivity index (χ2v) is 4.86. The first-order chi connectivity index (χ1) is 10.0. The van der Waals surface area contributed by atoms with Crippen LogP contribution in [0.3, 0.4) is 0 Å². The van der Waals surface area contributed by atoms with E-state index in [4.69, 9.17) is 0 Å². The number of hydrogen-bond donors (Lipinski definition) is 2. The number of benzene rings is 1. The van der Waals surface area contributed by atoms with Crippen LogP contribution in [-0.4, -0.2) is 30.8 Å². The second kappa shape index (κ2) is 6.45. The van der Waals surface area contributed by atoms with Crippen molar-refractivity contribution in [3.63, 3.8) is 0 Å². The van der Waals surface area contributed by atoms with Crippen LogP contribution in [0, 0.1) is 5.92 Å². The summed E-state index contributed by atoms with van der Waals surface area (Å²) < 4.78 is 11.7. The molecule has 0 spiro atoms. The molecule has 1 fully saturated rings. The smallest absolute Gasteiger partial charge is 0.251 e. The minimum atomic E-state index is -0.343. The number of carbonyl (C=O) groups excluding carboxylic acids is 3. The van der Waals surface area contributed by atoms with Crippen LogP contribution < -0.4 is 15.8 Å². The third kappa shape index (κ3) is 3.25. The third-order valence-electron chi connectivity index (χ3n) is 3.26. The Morgan fingerprint density at radius 3 is 2.48 bits per heavy atom. The number of rotatable bonds is 5. The molecule has 112 valence electrons. The average molecular weight is 293 g/mol. The summed E-state index contributed by atoms with van der Waals surface area (Å²) in [4.78, 5) is 36.5. The van der Waals surface area contributed by atoms with E-state index in [-0.39, 0.29) is 43.1 Å². The van der Waals surface area contributed by atoms with Gasteiger partial charge in [-0.15, -0.1) is 4.48 Å². The molecule has 0 aliphatic carbocycles. The number of halogens is 1. The molecule has 0 radical (unpaired) electrons. The summed E-state index contributed by atoms with van der Waals surface area (Å²) in [6, 6.07) is 6.15. The van der Waals surface area contributed by atoms with Crippen molar-refractivity contribution in [2.24, 2.45) is 5.92 Å². The first kappa shape index (κ1) is 15.1. The SMILES string of the molecule is CC1CC(=O)N(c2ccc(C(=O)NCCNF)cc2)C1=O. The Labute approximate surface area is 121 Å². The van der Waals surface area contributed by atoms with E-state index in [9.17, 15) is 18.9 Å². The number of carbonyl (C=O) groups is 3. The summed E-state index contributed by atoms with van der Waals surface area (Å²) in [7, 11) is 0. The molecule has 1 unspecified atom stereocenters. The number of amides is 3. The molecule has 1 atom stereocenters. The van der Waals surface area contributed by atoms with Crippen LogP contribution >= 0.6 is 0 Å². The fraction of sp³-hybridized carbons (Fsp3) is 0.357. The fourth-order valence-electron chi connectivity index (χ4n) is 2.14. The Hall–Kier alpha value is -2.28. The largest absolute Gasteiger partial charge is 0.351 e. The van der Waals surface area contributed by atoms with Crippen LogP contribution in [0.1, 0.15) is 23.7 Å². The summed E-state index contributed by atoms with van der Waals surface area (Å²) in [6.45, 7) is 1.90. The standard InChI is InChI=1S/C14H16FN3O3/c1-9-8-12(19)18(14(9)21)11-4-2-10(3-5-11)13(20)16-6-7-17-15/h2-5,9,17H,6-8H2,1H3,(H,16,20). The van der Waals surface area contributed by atoms with E-state index in [1.165, 1.54) is 17.7 Å². The van der Waals surface area contributed by atoms with Crippen LogP contribution in [-0.2, 0) is 9.59 Å². The second-order valence-electron chi connectivity index (χ2n) is 4.86. The van der Waals surface area contributed by atoms with Crippen molar-refractivity contribution in [3.05, 3.63) is 29.8 Å². The third-order valence-corrected chi connectivity index (χ3v) is 3.26. The molecular formula is C14H16FN3O3. The highest BCUT2D eigenvalue weighted by Gasteiger charge is 2.36. The van der Waals surface area contributed by atoms with E-state index in [1.807, 2.05) is 0 Å². The number of nitrogens with zero attached hydrogens (tertiary/aromatic N) is 1. The van der Waals surface area contributed by atoms with Gasteiger partial charge in [-0.25, -0.2) is 0 Å². The summed E-state index contributed by atoms with van der Waals surface area (Å²) in [5.41, 5.74) is 2.27. The lowest BCUT2D eigenvalue weighted by Gasteiger charge is -2.14. The molecule has 2 rings (SSSR count). The molecule has 2 N–H and O–H groups in total. The van der Waals surface area contributed by atoms with E-state index < -0.39 is 0 Å². The van der Waals surface area contributed by atoms with Crippen LogP contribution in [0.2, 0.25) is 0 Å². The summed E-state index contributed by atoms with van der Waals surface area (Å²) in [5.74, 6) is -1.12.